The van der Waals surface area contributed by atoms with Crippen molar-refractivity contribution in [3.8, 4) is 0 Å². The van der Waals surface area contributed by atoms with Gasteiger partial charge in [-0.3, -0.25) is 24.5 Å². The van der Waals surface area contributed by atoms with Crippen LogP contribution >= 0.6 is 0 Å². The Morgan fingerprint density at radius 2 is 0.615 bits per heavy atom. The largest absolute Gasteiger partial charge is 0.329 e. The topological polar surface area (TPSA) is 182 Å². The molecule has 0 aliphatic heterocycles. The summed E-state index contributed by atoms with van der Waals surface area (Å²) in [5, 5.41) is 10.1. The van der Waals surface area contributed by atoms with Gasteiger partial charge in [0.05, 0.1) is 0 Å². The summed E-state index contributed by atoms with van der Waals surface area (Å²) in [6.07, 6.45) is 0. The lowest BCUT2D eigenvalue weighted by atomic mass is 10.3. The number of nitrogens with one attached hydrogen (secondary N) is 3. The Labute approximate surface area is 240 Å². The zero-order valence-corrected chi connectivity index (χ0v) is 25.6. The van der Waals surface area contributed by atoms with Gasteiger partial charge in [0.25, 0.3) is 0 Å². The number of rotatable bonds is 31. The molecule has 236 valence electrons. The maximum atomic E-state index is 5.82. The molecule has 0 saturated heterocycles. The molecule has 39 heavy (non-hydrogen) atoms. The minimum absolute atomic E-state index is 0.666. The second kappa shape index (κ2) is 29.0. The fourth-order valence-electron chi connectivity index (χ4n) is 4.54. The Hall–Kier alpha value is -0.520. The summed E-state index contributed by atoms with van der Waals surface area (Å²) >= 11 is 0. The van der Waals surface area contributed by atoms with Crippen molar-refractivity contribution in [3.05, 3.63) is 0 Å². The van der Waals surface area contributed by atoms with E-state index in [-0.39, 0.29) is 0 Å². The molecule has 13 heteroatoms. The first-order valence-corrected chi connectivity index (χ1v) is 15.2. The summed E-state index contributed by atoms with van der Waals surface area (Å²) < 4.78 is 0. The first-order chi connectivity index (χ1) is 19.1. The maximum absolute atomic E-state index is 5.82. The maximum Gasteiger partial charge on any atom is 0.0110 e. The standard InChI is InChI=1S/C26H67N13/c1-32-9-16-37(21-19-35(12-4-28)13-5-29)23-25-39(18-11-34-8-3-27)26-24-38(17-10-33-2)22-20-36(14-6-30)15-7-31/h32-34H,3-31H2,1-2H3. The van der Waals surface area contributed by atoms with Crippen molar-refractivity contribution in [2.45, 2.75) is 0 Å². The molecule has 0 aliphatic rings. The van der Waals surface area contributed by atoms with Crippen LogP contribution in [0, 0.1) is 0 Å². The van der Waals surface area contributed by atoms with Gasteiger partial charge in [0.15, 0.2) is 0 Å². The van der Waals surface area contributed by atoms with Crippen LogP contribution in [0.25, 0.3) is 0 Å². The smallest absolute Gasteiger partial charge is 0.0110 e. The van der Waals surface area contributed by atoms with Crippen molar-refractivity contribution in [3.63, 3.8) is 0 Å². The summed E-state index contributed by atoms with van der Waals surface area (Å²) in [7, 11) is 4.04. The summed E-state index contributed by atoms with van der Waals surface area (Å²) in [5.41, 5.74) is 29.0. The first-order valence-electron chi connectivity index (χ1n) is 15.2. The van der Waals surface area contributed by atoms with E-state index in [1.165, 1.54) is 0 Å². The predicted molar refractivity (Wildman–Crippen MR) is 168 cm³/mol. The molecule has 0 heterocycles. The second-order valence-electron chi connectivity index (χ2n) is 10.1. The highest BCUT2D eigenvalue weighted by atomic mass is 15.3. The number of hydrogen-bond donors (Lipinski definition) is 8. The molecule has 13 nitrogen and oxygen atoms in total. The van der Waals surface area contributed by atoms with E-state index in [4.69, 9.17) is 28.7 Å². The molecule has 0 aromatic heterocycles. The van der Waals surface area contributed by atoms with Gasteiger partial charge in [-0.1, -0.05) is 0 Å². The third-order valence-electron chi connectivity index (χ3n) is 6.99. The molecule has 0 aliphatic carbocycles. The van der Waals surface area contributed by atoms with Gasteiger partial charge in [0, 0.05) is 157 Å². The zero-order chi connectivity index (χ0) is 29.0. The highest BCUT2D eigenvalue weighted by Gasteiger charge is 2.14. The number of likely N-dealkylation sites (N-methyl/N-ethyl adjacent to an activating group) is 2. The van der Waals surface area contributed by atoms with E-state index in [1.54, 1.807) is 0 Å². The third-order valence-corrected chi connectivity index (χ3v) is 6.99. The van der Waals surface area contributed by atoms with Gasteiger partial charge < -0.3 is 44.6 Å². The average Bonchev–Trinajstić information content (AvgIpc) is 2.93. The summed E-state index contributed by atoms with van der Waals surface area (Å²) in [6.45, 7) is 21.9. The van der Waals surface area contributed by atoms with Gasteiger partial charge in [-0.15, -0.1) is 0 Å². The first kappa shape index (κ1) is 38.5. The Balaban J connectivity index is 5.10. The van der Waals surface area contributed by atoms with Gasteiger partial charge in [0.1, 0.15) is 0 Å². The second-order valence-corrected chi connectivity index (χ2v) is 10.1. The Bertz CT molecular complexity index is 441. The van der Waals surface area contributed by atoms with Crippen molar-refractivity contribution in [1.29, 1.82) is 0 Å². The van der Waals surface area contributed by atoms with Gasteiger partial charge in [-0.05, 0) is 14.1 Å². The van der Waals surface area contributed by atoms with Crippen molar-refractivity contribution >= 4 is 0 Å². The molecule has 0 spiro atoms. The predicted octanol–water partition coefficient (Wildman–Crippen LogP) is -4.68. The van der Waals surface area contributed by atoms with Crippen molar-refractivity contribution < 1.29 is 0 Å². The van der Waals surface area contributed by atoms with Gasteiger partial charge in [-0.2, -0.15) is 0 Å². The summed E-state index contributed by atoms with van der Waals surface area (Å²) in [5.74, 6) is 0. The third kappa shape index (κ3) is 22.8. The van der Waals surface area contributed by atoms with E-state index in [0.717, 1.165) is 124 Å². The highest BCUT2D eigenvalue weighted by Crippen LogP contribution is 1.98. The van der Waals surface area contributed by atoms with Crippen LogP contribution in [0.1, 0.15) is 0 Å². The SMILES string of the molecule is CNCCN(CCN(CCN)CCN)CCN(CCNCCN)CCN(CCNC)CCN(CCN)CCN. The van der Waals surface area contributed by atoms with Gasteiger partial charge in [-0.25, -0.2) is 0 Å². The lowest BCUT2D eigenvalue weighted by Gasteiger charge is -2.32. The lowest BCUT2D eigenvalue weighted by molar-refractivity contribution is 0.156. The molecule has 0 bridgehead atoms. The van der Waals surface area contributed by atoms with Gasteiger partial charge >= 0.3 is 0 Å². The van der Waals surface area contributed by atoms with Crippen molar-refractivity contribution in [2.75, 3.05) is 171 Å². The van der Waals surface area contributed by atoms with E-state index in [2.05, 4.69) is 40.4 Å². The summed E-state index contributed by atoms with van der Waals surface area (Å²) in [4.78, 5) is 12.5. The molecule has 0 aromatic carbocycles. The minimum Gasteiger partial charge on any atom is -0.329 e. The van der Waals surface area contributed by atoms with E-state index in [1.807, 2.05) is 14.1 Å². The lowest BCUT2D eigenvalue weighted by Crippen LogP contribution is -2.47. The quantitative estimate of drug-likeness (QED) is 0.0378. The number of nitrogens with zero attached hydrogens (tertiary/aromatic N) is 5. The van der Waals surface area contributed by atoms with Crippen LogP contribution in [0.15, 0.2) is 0 Å². The number of hydrogen-bond acceptors (Lipinski definition) is 13. The molecule has 0 unspecified atom stereocenters. The molecular formula is C26H67N13. The molecule has 0 fully saturated rings. The van der Waals surface area contributed by atoms with Crippen LogP contribution < -0.4 is 44.6 Å². The summed E-state index contributed by atoms with van der Waals surface area (Å²) in [6, 6.07) is 0. The van der Waals surface area contributed by atoms with E-state index >= 15 is 0 Å². The zero-order valence-electron chi connectivity index (χ0n) is 25.6. The van der Waals surface area contributed by atoms with Crippen LogP contribution in [0.3, 0.4) is 0 Å². The molecule has 0 atom stereocenters. The Kier molecular flexibility index (Phi) is 28.6. The van der Waals surface area contributed by atoms with Crippen molar-refractivity contribution in [2.24, 2.45) is 28.7 Å². The molecule has 0 amide bonds. The van der Waals surface area contributed by atoms with Crippen LogP contribution in [0.2, 0.25) is 0 Å². The minimum atomic E-state index is 0.666. The Morgan fingerprint density at radius 3 is 0.872 bits per heavy atom. The fourth-order valence-corrected chi connectivity index (χ4v) is 4.54. The van der Waals surface area contributed by atoms with Crippen LogP contribution in [-0.2, 0) is 0 Å². The molecule has 13 N–H and O–H groups in total. The highest BCUT2D eigenvalue weighted by molar-refractivity contribution is 4.72. The van der Waals surface area contributed by atoms with E-state index in [0.29, 0.717) is 32.7 Å². The van der Waals surface area contributed by atoms with Crippen LogP contribution in [-0.4, -0.2) is 196 Å². The average molecular weight is 562 g/mol. The fraction of sp³-hybridized carbons (Fsp3) is 1.00. The Morgan fingerprint density at radius 1 is 0.333 bits per heavy atom. The van der Waals surface area contributed by atoms with E-state index in [9.17, 15) is 0 Å². The van der Waals surface area contributed by atoms with Gasteiger partial charge in [0.2, 0.25) is 0 Å². The van der Waals surface area contributed by atoms with Crippen molar-refractivity contribution in [1.82, 2.24) is 40.4 Å². The van der Waals surface area contributed by atoms with Crippen LogP contribution in [0.5, 0.6) is 0 Å². The van der Waals surface area contributed by atoms with Crippen LogP contribution in [0.4, 0.5) is 0 Å². The molecule has 0 saturated carbocycles. The molecule has 0 rings (SSSR count). The normalized spacial score (nSPS) is 12.3. The molecule has 0 aromatic rings. The monoisotopic (exact) mass is 562 g/mol. The molecular weight excluding hydrogens is 494 g/mol. The molecule has 0 radical (unpaired) electrons. The van der Waals surface area contributed by atoms with E-state index < -0.39 is 0 Å². The number of nitrogens with two attached hydrogens (primary N) is 5.